The predicted molar refractivity (Wildman–Crippen MR) is 72.8 cm³/mol. The van der Waals surface area contributed by atoms with E-state index < -0.39 is 11.0 Å². The Kier molecular flexibility index (Phi) is 3.98. The van der Waals surface area contributed by atoms with Crippen LogP contribution < -0.4 is 5.73 Å². The van der Waals surface area contributed by atoms with E-state index in [1.807, 2.05) is 39.1 Å². The molecule has 0 radical (unpaired) electrons. The number of halogens is 1. The maximum absolute atomic E-state index is 12.2. The maximum atomic E-state index is 12.2. The average molecular weight is 304 g/mol. The Morgan fingerprint density at radius 3 is 2.38 bits per heavy atom. The Balaban J connectivity index is 2.85. The lowest BCUT2D eigenvalue weighted by atomic mass is 9.71. The van der Waals surface area contributed by atoms with Crippen LogP contribution in [0.5, 0.6) is 0 Å². The highest BCUT2D eigenvalue weighted by molar-refractivity contribution is 9.10. The lowest BCUT2D eigenvalue weighted by molar-refractivity contribution is -0.129. The van der Waals surface area contributed by atoms with Gasteiger partial charge >= 0.3 is 0 Å². The summed E-state index contributed by atoms with van der Waals surface area (Å²) < 4.78 is 1.01. The van der Waals surface area contributed by atoms with E-state index in [1.165, 1.54) is 0 Å². The van der Waals surface area contributed by atoms with E-state index in [0.717, 1.165) is 9.35 Å². The summed E-state index contributed by atoms with van der Waals surface area (Å²) in [4.78, 5) is 13.3. The van der Waals surface area contributed by atoms with Gasteiger partial charge in [-0.15, -0.1) is 11.3 Å². The minimum absolute atomic E-state index is 0.183. The van der Waals surface area contributed by atoms with Gasteiger partial charge in [-0.3, -0.25) is 4.79 Å². The quantitative estimate of drug-likeness (QED) is 0.926. The van der Waals surface area contributed by atoms with Gasteiger partial charge in [-0.2, -0.15) is 0 Å². The number of thiophene rings is 1. The van der Waals surface area contributed by atoms with Crippen LogP contribution in [-0.2, 0) is 11.2 Å². The van der Waals surface area contributed by atoms with Crippen molar-refractivity contribution in [1.82, 2.24) is 0 Å². The molecule has 1 heterocycles. The van der Waals surface area contributed by atoms with Crippen molar-refractivity contribution in [3.63, 3.8) is 0 Å². The maximum Gasteiger partial charge on any atom is 0.145 e. The standard InChI is InChI=1S/C12H18BrNOS/c1-11(2,12(3,4)14)10(15)7-9-8(13)5-6-16-9/h5-6H,7,14H2,1-4H3. The van der Waals surface area contributed by atoms with Crippen molar-refractivity contribution in [1.29, 1.82) is 0 Å². The summed E-state index contributed by atoms with van der Waals surface area (Å²) in [6.45, 7) is 7.62. The number of rotatable bonds is 4. The second kappa shape index (κ2) is 4.59. The monoisotopic (exact) mass is 303 g/mol. The average Bonchev–Trinajstić information content (AvgIpc) is 2.49. The first kappa shape index (κ1) is 13.9. The van der Waals surface area contributed by atoms with E-state index in [-0.39, 0.29) is 5.78 Å². The lowest BCUT2D eigenvalue weighted by Crippen LogP contribution is -2.52. The number of Topliss-reactive ketones (excluding diaryl/α,β-unsaturated/α-hetero) is 1. The number of carbonyl (C=O) groups is 1. The molecule has 0 saturated carbocycles. The van der Waals surface area contributed by atoms with Gasteiger partial charge in [0.1, 0.15) is 5.78 Å². The first-order chi connectivity index (χ1) is 7.16. The molecular formula is C12H18BrNOS. The zero-order valence-electron chi connectivity index (χ0n) is 10.1. The molecule has 0 fully saturated rings. The molecular weight excluding hydrogens is 286 g/mol. The first-order valence-electron chi connectivity index (χ1n) is 5.20. The van der Waals surface area contributed by atoms with Crippen LogP contribution in [0.25, 0.3) is 0 Å². The highest BCUT2D eigenvalue weighted by Crippen LogP contribution is 2.32. The molecule has 4 heteroatoms. The molecule has 0 aliphatic heterocycles. The van der Waals surface area contributed by atoms with E-state index in [9.17, 15) is 4.79 Å². The second-order valence-electron chi connectivity index (χ2n) is 5.14. The van der Waals surface area contributed by atoms with E-state index >= 15 is 0 Å². The van der Waals surface area contributed by atoms with Gasteiger partial charge in [-0.25, -0.2) is 0 Å². The zero-order chi connectivity index (χ0) is 12.6. The molecule has 0 atom stereocenters. The second-order valence-corrected chi connectivity index (χ2v) is 6.99. The van der Waals surface area contributed by atoms with E-state index in [4.69, 9.17) is 5.73 Å². The topological polar surface area (TPSA) is 43.1 Å². The molecule has 2 N–H and O–H groups in total. The van der Waals surface area contributed by atoms with Crippen molar-refractivity contribution in [3.05, 3.63) is 20.8 Å². The lowest BCUT2D eigenvalue weighted by Gasteiger charge is -2.37. The summed E-state index contributed by atoms with van der Waals surface area (Å²) in [5.41, 5.74) is 5.03. The van der Waals surface area contributed by atoms with Crippen LogP contribution >= 0.6 is 27.3 Å². The van der Waals surface area contributed by atoms with Crippen LogP contribution in [0.2, 0.25) is 0 Å². The highest BCUT2D eigenvalue weighted by atomic mass is 79.9. The van der Waals surface area contributed by atoms with Gasteiger partial charge in [0.2, 0.25) is 0 Å². The Bertz CT molecular complexity index is 390. The SMILES string of the molecule is CC(C)(N)C(C)(C)C(=O)Cc1sccc1Br. The molecule has 1 aromatic rings. The normalized spacial score (nSPS) is 12.9. The molecule has 0 bridgehead atoms. The molecule has 0 amide bonds. The van der Waals surface area contributed by atoms with Gasteiger partial charge in [-0.05, 0) is 41.2 Å². The first-order valence-corrected chi connectivity index (χ1v) is 6.87. The Morgan fingerprint density at radius 2 is 2.00 bits per heavy atom. The molecule has 16 heavy (non-hydrogen) atoms. The van der Waals surface area contributed by atoms with Crippen molar-refractivity contribution < 1.29 is 4.79 Å². The van der Waals surface area contributed by atoms with Gasteiger partial charge in [-0.1, -0.05) is 13.8 Å². The summed E-state index contributed by atoms with van der Waals surface area (Å²) in [5, 5.41) is 1.98. The van der Waals surface area contributed by atoms with Crippen molar-refractivity contribution in [2.24, 2.45) is 11.1 Å². The Hall–Kier alpha value is -0.190. The third kappa shape index (κ3) is 2.73. The van der Waals surface area contributed by atoms with E-state index in [2.05, 4.69) is 15.9 Å². The molecule has 90 valence electrons. The fourth-order valence-electron chi connectivity index (χ4n) is 1.18. The third-order valence-corrected chi connectivity index (χ3v) is 5.25. The van der Waals surface area contributed by atoms with Crippen LogP contribution in [0.3, 0.4) is 0 Å². The number of hydrogen-bond donors (Lipinski definition) is 1. The molecule has 0 spiro atoms. The van der Waals surface area contributed by atoms with E-state index in [0.29, 0.717) is 6.42 Å². The van der Waals surface area contributed by atoms with Crippen molar-refractivity contribution in [2.75, 3.05) is 0 Å². The van der Waals surface area contributed by atoms with Gasteiger partial charge in [0.25, 0.3) is 0 Å². The van der Waals surface area contributed by atoms with Crippen LogP contribution in [-0.4, -0.2) is 11.3 Å². The molecule has 1 aromatic heterocycles. The molecule has 0 unspecified atom stereocenters. The highest BCUT2D eigenvalue weighted by Gasteiger charge is 2.39. The van der Waals surface area contributed by atoms with Crippen molar-refractivity contribution in [3.8, 4) is 0 Å². The largest absolute Gasteiger partial charge is 0.325 e. The molecule has 0 saturated heterocycles. The molecule has 1 rings (SSSR count). The number of nitrogens with two attached hydrogens (primary N) is 1. The van der Waals surface area contributed by atoms with E-state index in [1.54, 1.807) is 11.3 Å². The van der Waals surface area contributed by atoms with Crippen LogP contribution in [0.15, 0.2) is 15.9 Å². The van der Waals surface area contributed by atoms with Gasteiger partial charge < -0.3 is 5.73 Å². The van der Waals surface area contributed by atoms with Crippen LogP contribution in [0.4, 0.5) is 0 Å². The number of carbonyl (C=O) groups excluding carboxylic acids is 1. The predicted octanol–water partition coefficient (Wildman–Crippen LogP) is 3.39. The number of hydrogen-bond acceptors (Lipinski definition) is 3. The van der Waals surface area contributed by atoms with Crippen LogP contribution in [0, 0.1) is 5.41 Å². The fourth-order valence-corrected chi connectivity index (χ4v) is 2.67. The minimum Gasteiger partial charge on any atom is -0.325 e. The molecule has 2 nitrogen and oxygen atoms in total. The zero-order valence-corrected chi connectivity index (χ0v) is 12.5. The summed E-state index contributed by atoms with van der Waals surface area (Å²) in [6.07, 6.45) is 0.450. The van der Waals surface area contributed by atoms with Gasteiger partial charge in [0.15, 0.2) is 0 Å². The smallest absolute Gasteiger partial charge is 0.145 e. The summed E-state index contributed by atoms with van der Waals surface area (Å²) in [5.74, 6) is 0.183. The Labute approximate surface area is 109 Å². The summed E-state index contributed by atoms with van der Waals surface area (Å²) >= 11 is 5.03. The van der Waals surface area contributed by atoms with Gasteiger partial charge in [0, 0.05) is 26.7 Å². The van der Waals surface area contributed by atoms with Gasteiger partial charge in [0.05, 0.1) is 0 Å². The molecule has 0 aromatic carbocycles. The fraction of sp³-hybridized carbons (Fsp3) is 0.583. The molecule has 0 aliphatic rings. The van der Waals surface area contributed by atoms with Crippen molar-refractivity contribution >= 4 is 33.0 Å². The molecule has 0 aliphatic carbocycles. The summed E-state index contributed by atoms with van der Waals surface area (Å²) in [6, 6.07) is 1.97. The van der Waals surface area contributed by atoms with Crippen molar-refractivity contribution in [2.45, 2.75) is 39.7 Å². The minimum atomic E-state index is -0.517. The number of ketones is 1. The third-order valence-electron chi connectivity index (χ3n) is 3.32. The summed E-state index contributed by atoms with van der Waals surface area (Å²) in [7, 11) is 0. The van der Waals surface area contributed by atoms with Crippen LogP contribution in [0.1, 0.15) is 32.6 Å². The Morgan fingerprint density at radius 1 is 1.44 bits per heavy atom.